The van der Waals surface area contributed by atoms with E-state index in [1.807, 2.05) is 0 Å². The molecular weight excluding hydrogens is 634 g/mol. The van der Waals surface area contributed by atoms with E-state index in [4.69, 9.17) is 19.7 Å². The Hall–Kier alpha value is -4.85. The van der Waals surface area contributed by atoms with Crippen molar-refractivity contribution in [3.63, 3.8) is 0 Å². The summed E-state index contributed by atoms with van der Waals surface area (Å²) in [7, 11) is 0. The summed E-state index contributed by atoms with van der Waals surface area (Å²) in [5.74, 6) is -9.45. The molecule has 0 aromatic rings. The number of rotatable bonds is 26. The van der Waals surface area contributed by atoms with Gasteiger partial charge >= 0.3 is 29.8 Å². The monoisotopic (exact) mass is 677 g/mol. The molecule has 3 atom stereocenters. The summed E-state index contributed by atoms with van der Waals surface area (Å²) in [6.07, 6.45) is -0.418. The van der Waals surface area contributed by atoms with E-state index in [9.17, 15) is 53.4 Å². The molecule has 0 aliphatic carbocycles. The maximum Gasteiger partial charge on any atom is 0.394 e. The molecule has 0 spiro atoms. The van der Waals surface area contributed by atoms with Crippen LogP contribution in [0.25, 0.3) is 0 Å². The van der Waals surface area contributed by atoms with Gasteiger partial charge in [0.1, 0.15) is 24.7 Å². The predicted octanol–water partition coefficient (Wildman–Crippen LogP) is -2.81. The third-order valence-corrected chi connectivity index (χ3v) is 6.03. The smallest absolute Gasteiger partial charge is 0.394 e. The molecule has 20 nitrogen and oxygen atoms in total. The minimum atomic E-state index is -1.67. The normalized spacial score (nSPS) is 12.4. The summed E-state index contributed by atoms with van der Waals surface area (Å²) in [6.45, 7) is 1.21. The lowest BCUT2D eigenvalue weighted by Gasteiger charge is -2.16. The number of hydrogen-bond acceptors (Lipinski definition) is 11. The summed E-state index contributed by atoms with van der Waals surface area (Å²) < 4.78 is 10.4. The molecule has 0 bridgehead atoms. The fraction of sp³-hybridized carbons (Fsp3) is 0.667. The van der Waals surface area contributed by atoms with E-state index in [-0.39, 0.29) is 77.9 Å². The lowest BCUT2D eigenvalue weighted by Crippen LogP contribution is -2.44. The molecule has 0 heterocycles. The van der Waals surface area contributed by atoms with Gasteiger partial charge in [0.25, 0.3) is 0 Å². The highest BCUT2D eigenvalue weighted by Crippen LogP contribution is 2.03. The largest absolute Gasteiger partial charge is 0.480 e. The minimum Gasteiger partial charge on any atom is -0.480 e. The maximum absolute atomic E-state index is 12.0. The average molecular weight is 678 g/mol. The average Bonchev–Trinajstić information content (AvgIpc) is 2.99. The van der Waals surface area contributed by atoms with Crippen molar-refractivity contribution < 1.29 is 73.1 Å². The molecule has 3 unspecified atom stereocenters. The first-order valence-electron chi connectivity index (χ1n) is 14.7. The van der Waals surface area contributed by atoms with Gasteiger partial charge in [-0.2, -0.15) is 0 Å². The van der Waals surface area contributed by atoms with Crippen LogP contribution in [0, 0.1) is 0 Å². The number of carboxylic acid groups (broad SMARTS) is 4. The fourth-order valence-corrected chi connectivity index (χ4v) is 3.64. The number of ether oxygens (including phenoxy) is 2. The molecule has 0 aliphatic rings. The molecule has 0 saturated heterocycles. The van der Waals surface area contributed by atoms with E-state index in [0.29, 0.717) is 6.42 Å². The molecule has 9 N–H and O–H groups in total. The third-order valence-electron chi connectivity index (χ3n) is 6.03. The topological polar surface area (TPSA) is 313 Å². The van der Waals surface area contributed by atoms with Crippen LogP contribution in [0.15, 0.2) is 0 Å². The molecule has 47 heavy (non-hydrogen) atoms. The quantitative estimate of drug-likeness (QED) is 0.0329. The van der Waals surface area contributed by atoms with Crippen LogP contribution in [0.1, 0.15) is 58.3 Å². The molecule has 0 aromatic carbocycles. The van der Waals surface area contributed by atoms with Crippen molar-refractivity contribution in [3.8, 4) is 0 Å². The first kappa shape index (κ1) is 42.1. The number of hydrogen-bond donors (Lipinski definition) is 9. The number of amides is 5. The van der Waals surface area contributed by atoms with E-state index in [0.717, 1.165) is 0 Å². The SMILES string of the molecule is CCCC(NC(=O)CCC(NC(=O)COCCOCCNC(=O)CCC(NC(=O)CCCNC(=O)C(=O)O)C(=O)O)C(=O)O)C(=O)O. The van der Waals surface area contributed by atoms with E-state index in [1.165, 1.54) is 0 Å². The summed E-state index contributed by atoms with van der Waals surface area (Å²) in [5, 5.41) is 47.4. The lowest BCUT2D eigenvalue weighted by molar-refractivity contribution is -0.150. The van der Waals surface area contributed by atoms with Gasteiger partial charge in [-0.05, 0) is 25.7 Å². The first-order chi connectivity index (χ1) is 22.2. The van der Waals surface area contributed by atoms with Gasteiger partial charge in [0.15, 0.2) is 0 Å². The number of carboxylic acids is 4. The van der Waals surface area contributed by atoms with Gasteiger partial charge in [0.05, 0.1) is 19.8 Å². The van der Waals surface area contributed by atoms with E-state index < -0.39 is 78.1 Å². The van der Waals surface area contributed by atoms with Crippen LogP contribution in [0.5, 0.6) is 0 Å². The van der Waals surface area contributed by atoms with Crippen molar-refractivity contribution in [2.45, 2.75) is 76.4 Å². The molecule has 0 rings (SSSR count). The molecule has 5 amide bonds. The molecule has 0 aromatic heterocycles. The van der Waals surface area contributed by atoms with Crippen molar-refractivity contribution in [2.75, 3.05) is 39.5 Å². The molecular formula is C27H43N5O15. The Bertz CT molecular complexity index is 1100. The van der Waals surface area contributed by atoms with Crippen LogP contribution >= 0.6 is 0 Å². The second kappa shape index (κ2) is 24.4. The van der Waals surface area contributed by atoms with Gasteiger partial charge in [0, 0.05) is 32.4 Å². The van der Waals surface area contributed by atoms with Gasteiger partial charge in [-0.15, -0.1) is 0 Å². The molecule has 0 saturated carbocycles. The third kappa shape index (κ3) is 21.5. The van der Waals surface area contributed by atoms with Crippen LogP contribution in [0.4, 0.5) is 0 Å². The van der Waals surface area contributed by atoms with Crippen LogP contribution in [-0.4, -0.2) is 131 Å². The summed E-state index contributed by atoms with van der Waals surface area (Å²) in [4.78, 5) is 103. The Balaban J connectivity index is 4.15. The van der Waals surface area contributed by atoms with E-state index in [1.54, 1.807) is 6.92 Å². The lowest BCUT2D eigenvalue weighted by atomic mass is 10.1. The number of nitrogens with one attached hydrogen (secondary N) is 5. The summed E-state index contributed by atoms with van der Waals surface area (Å²) in [5.41, 5.74) is 0. The zero-order valence-corrected chi connectivity index (χ0v) is 25.9. The van der Waals surface area contributed by atoms with E-state index >= 15 is 0 Å². The van der Waals surface area contributed by atoms with Gasteiger partial charge in [-0.1, -0.05) is 13.3 Å². The van der Waals surface area contributed by atoms with Gasteiger partial charge in [-0.3, -0.25) is 24.0 Å². The Kier molecular flexibility index (Phi) is 21.9. The molecule has 0 aliphatic heterocycles. The Morgan fingerprint density at radius 3 is 1.57 bits per heavy atom. The second-order valence-corrected chi connectivity index (χ2v) is 9.92. The minimum absolute atomic E-state index is 0.0152. The second-order valence-electron chi connectivity index (χ2n) is 9.92. The molecule has 0 radical (unpaired) electrons. The number of carbonyl (C=O) groups excluding carboxylic acids is 5. The van der Waals surface area contributed by atoms with Gasteiger partial charge < -0.3 is 56.5 Å². The first-order valence-corrected chi connectivity index (χ1v) is 14.7. The standard InChI is InChI=1S/C27H43N5O15/c1-2-4-16(24(38)39)30-21(35)9-7-18(26(42)43)32-22(36)15-47-14-13-46-12-11-28-19(33)8-6-17(25(40)41)31-20(34)5-3-10-29-23(37)27(44)45/h16-18H,2-15H2,1H3,(H,28,33)(H,29,37)(H,30,35)(H,31,34)(H,32,36)(H,38,39)(H,40,41)(H,42,43)(H,44,45). The van der Waals surface area contributed by atoms with Crippen LogP contribution in [-0.2, 0) is 52.6 Å². The molecule has 0 fully saturated rings. The maximum atomic E-state index is 12.0. The highest BCUT2D eigenvalue weighted by atomic mass is 16.5. The molecule has 20 heteroatoms. The summed E-state index contributed by atoms with van der Waals surface area (Å²) >= 11 is 0. The van der Waals surface area contributed by atoms with Gasteiger partial charge in [-0.25, -0.2) is 19.2 Å². The van der Waals surface area contributed by atoms with Crippen molar-refractivity contribution in [1.82, 2.24) is 26.6 Å². The van der Waals surface area contributed by atoms with Gasteiger partial charge in [0.2, 0.25) is 23.6 Å². The van der Waals surface area contributed by atoms with Crippen LogP contribution < -0.4 is 26.6 Å². The highest BCUT2D eigenvalue weighted by molar-refractivity contribution is 6.31. The van der Waals surface area contributed by atoms with Crippen molar-refractivity contribution in [1.29, 1.82) is 0 Å². The highest BCUT2D eigenvalue weighted by Gasteiger charge is 2.24. The Morgan fingerprint density at radius 2 is 1.04 bits per heavy atom. The van der Waals surface area contributed by atoms with Crippen molar-refractivity contribution in [2.24, 2.45) is 0 Å². The number of carbonyl (C=O) groups is 9. The Labute approximate surface area is 269 Å². The number of aliphatic carboxylic acids is 4. The van der Waals surface area contributed by atoms with E-state index in [2.05, 4.69) is 26.6 Å². The fourth-order valence-electron chi connectivity index (χ4n) is 3.64. The predicted molar refractivity (Wildman–Crippen MR) is 157 cm³/mol. The van der Waals surface area contributed by atoms with Crippen LogP contribution in [0.2, 0.25) is 0 Å². The van der Waals surface area contributed by atoms with Crippen molar-refractivity contribution in [3.05, 3.63) is 0 Å². The Morgan fingerprint density at radius 1 is 0.553 bits per heavy atom. The van der Waals surface area contributed by atoms with Crippen molar-refractivity contribution >= 4 is 53.4 Å². The zero-order chi connectivity index (χ0) is 35.8. The summed E-state index contributed by atoms with van der Waals surface area (Å²) in [6, 6.07) is -3.84. The molecule has 266 valence electrons. The zero-order valence-electron chi connectivity index (χ0n) is 25.9. The van der Waals surface area contributed by atoms with Crippen LogP contribution in [0.3, 0.4) is 0 Å².